The van der Waals surface area contributed by atoms with Crippen molar-refractivity contribution in [2.45, 2.75) is 32.0 Å². The van der Waals surface area contributed by atoms with E-state index in [1.165, 1.54) is 0 Å². The molecule has 0 aromatic heterocycles. The van der Waals surface area contributed by atoms with Crippen LogP contribution in [0, 0.1) is 5.92 Å². The van der Waals surface area contributed by atoms with Crippen LogP contribution >= 0.6 is 11.8 Å². The number of nitrogens with one attached hydrogen (secondary N) is 1. The normalized spacial score (nSPS) is 25.5. The van der Waals surface area contributed by atoms with Gasteiger partial charge in [-0.25, -0.2) is 4.79 Å². The summed E-state index contributed by atoms with van der Waals surface area (Å²) in [5.41, 5.74) is 0. The van der Waals surface area contributed by atoms with E-state index in [9.17, 15) is 9.59 Å². The van der Waals surface area contributed by atoms with E-state index in [0.29, 0.717) is 25.3 Å². The predicted octanol–water partition coefficient (Wildman–Crippen LogP) is 0.734. The fourth-order valence-electron chi connectivity index (χ4n) is 1.74. The highest BCUT2D eigenvalue weighted by Crippen LogP contribution is 2.19. The quantitative estimate of drug-likeness (QED) is 0.737. The molecule has 0 saturated carbocycles. The van der Waals surface area contributed by atoms with Gasteiger partial charge in [-0.2, -0.15) is 11.8 Å². The first kappa shape index (κ1) is 14.3. The van der Waals surface area contributed by atoms with Gasteiger partial charge >= 0.3 is 5.97 Å². The van der Waals surface area contributed by atoms with E-state index in [4.69, 9.17) is 9.84 Å². The molecule has 5 nitrogen and oxygen atoms in total. The summed E-state index contributed by atoms with van der Waals surface area (Å²) in [5.74, 6) is 0.215. The number of carboxylic acid groups (broad SMARTS) is 1. The first-order valence-corrected chi connectivity index (χ1v) is 7.09. The second kappa shape index (κ2) is 6.86. The average Bonchev–Trinajstić information content (AvgIpc) is 2.75. The summed E-state index contributed by atoms with van der Waals surface area (Å²) < 4.78 is 5.16. The first-order valence-electron chi connectivity index (χ1n) is 5.69. The number of hydrogen-bond acceptors (Lipinski definition) is 4. The van der Waals surface area contributed by atoms with E-state index >= 15 is 0 Å². The molecule has 1 rings (SSSR count). The first-order chi connectivity index (χ1) is 8.04. The zero-order valence-electron chi connectivity index (χ0n) is 10.1. The Balaban J connectivity index is 2.27. The minimum Gasteiger partial charge on any atom is -0.479 e. The zero-order chi connectivity index (χ0) is 12.8. The van der Waals surface area contributed by atoms with Crippen molar-refractivity contribution in [2.75, 3.05) is 18.6 Å². The third-order valence-corrected chi connectivity index (χ3v) is 3.57. The van der Waals surface area contributed by atoms with Gasteiger partial charge in [0.1, 0.15) is 6.10 Å². The van der Waals surface area contributed by atoms with Crippen molar-refractivity contribution in [2.24, 2.45) is 5.92 Å². The number of carbonyl (C=O) groups excluding carboxylic acids is 1. The fourth-order valence-corrected chi connectivity index (χ4v) is 2.43. The highest BCUT2D eigenvalue weighted by molar-refractivity contribution is 7.98. The average molecular weight is 261 g/mol. The van der Waals surface area contributed by atoms with Gasteiger partial charge in [-0.15, -0.1) is 0 Å². The molecule has 1 saturated heterocycles. The van der Waals surface area contributed by atoms with Gasteiger partial charge in [0.05, 0.1) is 0 Å². The van der Waals surface area contributed by atoms with E-state index in [-0.39, 0.29) is 5.91 Å². The summed E-state index contributed by atoms with van der Waals surface area (Å²) in [6.45, 7) is 2.67. The van der Waals surface area contributed by atoms with Crippen molar-refractivity contribution in [1.82, 2.24) is 5.32 Å². The van der Waals surface area contributed by atoms with E-state index in [1.54, 1.807) is 11.8 Å². The molecule has 2 N–H and O–H groups in total. The molecule has 0 aromatic carbocycles. The predicted molar refractivity (Wildman–Crippen MR) is 66.1 cm³/mol. The molecule has 0 spiro atoms. The van der Waals surface area contributed by atoms with E-state index in [0.717, 1.165) is 5.75 Å². The highest BCUT2D eigenvalue weighted by Gasteiger charge is 2.34. The molecule has 1 amide bonds. The van der Waals surface area contributed by atoms with Crippen molar-refractivity contribution >= 4 is 23.6 Å². The van der Waals surface area contributed by atoms with Crippen molar-refractivity contribution in [3.63, 3.8) is 0 Å². The summed E-state index contributed by atoms with van der Waals surface area (Å²) in [7, 11) is 0. The fraction of sp³-hybridized carbons (Fsp3) is 0.818. The summed E-state index contributed by atoms with van der Waals surface area (Å²) in [5, 5.41) is 11.5. The third kappa shape index (κ3) is 4.55. The van der Waals surface area contributed by atoms with Crippen LogP contribution in [-0.2, 0) is 14.3 Å². The molecule has 17 heavy (non-hydrogen) atoms. The maximum atomic E-state index is 11.7. The van der Waals surface area contributed by atoms with Gasteiger partial charge in [0.15, 0.2) is 6.10 Å². The third-order valence-electron chi connectivity index (χ3n) is 2.66. The van der Waals surface area contributed by atoms with Crippen LogP contribution in [0.2, 0.25) is 0 Å². The summed E-state index contributed by atoms with van der Waals surface area (Å²) in [6.07, 6.45) is 1.50. The van der Waals surface area contributed by atoms with Crippen LogP contribution < -0.4 is 5.32 Å². The highest BCUT2D eigenvalue weighted by atomic mass is 32.2. The van der Waals surface area contributed by atoms with Crippen molar-refractivity contribution < 1.29 is 19.4 Å². The van der Waals surface area contributed by atoms with Gasteiger partial charge in [-0.3, -0.25) is 4.79 Å². The van der Waals surface area contributed by atoms with Gasteiger partial charge in [-0.1, -0.05) is 6.92 Å². The minimum absolute atomic E-state index is 0.193. The van der Waals surface area contributed by atoms with Crippen molar-refractivity contribution in [1.29, 1.82) is 0 Å². The molecule has 3 atom stereocenters. The minimum atomic E-state index is -0.990. The maximum absolute atomic E-state index is 11.7. The van der Waals surface area contributed by atoms with Gasteiger partial charge in [0.25, 0.3) is 0 Å². The number of carboxylic acids is 1. The summed E-state index contributed by atoms with van der Waals surface area (Å²) >= 11 is 1.74. The summed E-state index contributed by atoms with van der Waals surface area (Å²) in [6, 6.07) is 0. The van der Waals surface area contributed by atoms with Crippen LogP contribution in [0.5, 0.6) is 0 Å². The lowest BCUT2D eigenvalue weighted by Crippen LogP contribution is -2.38. The van der Waals surface area contributed by atoms with E-state index in [2.05, 4.69) is 12.2 Å². The second-order valence-corrected chi connectivity index (χ2v) is 5.25. The molecule has 1 fully saturated rings. The van der Waals surface area contributed by atoms with Crippen LogP contribution in [0.15, 0.2) is 0 Å². The molecule has 1 aliphatic rings. The Bertz CT molecular complexity index is 285. The lowest BCUT2D eigenvalue weighted by atomic mass is 10.1. The monoisotopic (exact) mass is 261 g/mol. The van der Waals surface area contributed by atoms with Crippen LogP contribution in [0.1, 0.15) is 19.8 Å². The number of thioether (sulfide) groups is 1. The molecule has 0 bridgehead atoms. The van der Waals surface area contributed by atoms with Gasteiger partial charge in [-0.05, 0) is 30.8 Å². The number of aliphatic carboxylic acids is 1. The zero-order valence-corrected chi connectivity index (χ0v) is 11.0. The second-order valence-electron chi connectivity index (χ2n) is 4.33. The van der Waals surface area contributed by atoms with E-state index in [1.807, 2.05) is 6.26 Å². The Hall–Kier alpha value is -0.750. The molecule has 6 heteroatoms. The summed E-state index contributed by atoms with van der Waals surface area (Å²) in [4.78, 5) is 22.3. The van der Waals surface area contributed by atoms with Gasteiger partial charge < -0.3 is 15.2 Å². The van der Waals surface area contributed by atoms with E-state index < -0.39 is 18.2 Å². The van der Waals surface area contributed by atoms with Crippen LogP contribution in [0.3, 0.4) is 0 Å². The Labute approximate surface area is 105 Å². The van der Waals surface area contributed by atoms with Crippen LogP contribution in [0.25, 0.3) is 0 Å². The number of ether oxygens (including phenoxy) is 1. The maximum Gasteiger partial charge on any atom is 0.332 e. The van der Waals surface area contributed by atoms with Gasteiger partial charge in [0, 0.05) is 6.54 Å². The Morgan fingerprint density at radius 3 is 2.65 bits per heavy atom. The smallest absolute Gasteiger partial charge is 0.332 e. The Morgan fingerprint density at radius 1 is 1.47 bits per heavy atom. The SMILES string of the molecule is CSCC(C)CNC(=O)[C@@H]1CC[C@H](C(=O)O)O1. The molecule has 0 aliphatic carbocycles. The van der Waals surface area contributed by atoms with Crippen LogP contribution in [-0.4, -0.2) is 47.7 Å². The molecule has 1 heterocycles. The molecular weight excluding hydrogens is 242 g/mol. The Kier molecular flexibility index (Phi) is 5.77. The molecular formula is C11H19NO4S. The lowest BCUT2D eigenvalue weighted by molar-refractivity contribution is -0.151. The van der Waals surface area contributed by atoms with Gasteiger partial charge in [0.2, 0.25) is 5.91 Å². The number of carbonyl (C=O) groups is 2. The number of hydrogen-bond donors (Lipinski definition) is 2. The largest absolute Gasteiger partial charge is 0.479 e. The molecule has 0 radical (unpaired) electrons. The number of amides is 1. The molecule has 98 valence electrons. The van der Waals surface area contributed by atoms with Crippen molar-refractivity contribution in [3.8, 4) is 0 Å². The molecule has 1 unspecified atom stereocenters. The van der Waals surface area contributed by atoms with Crippen LogP contribution in [0.4, 0.5) is 0 Å². The number of rotatable bonds is 6. The topological polar surface area (TPSA) is 75.6 Å². The molecule has 0 aromatic rings. The lowest BCUT2D eigenvalue weighted by Gasteiger charge is -2.14. The standard InChI is InChI=1S/C11H19NO4S/c1-7(6-17-2)5-12-10(13)8-3-4-9(16-8)11(14)15/h7-9H,3-6H2,1-2H3,(H,12,13)(H,14,15)/t7?,8-,9+/m0/s1. The Morgan fingerprint density at radius 2 is 2.12 bits per heavy atom. The van der Waals surface area contributed by atoms with Crippen molar-refractivity contribution in [3.05, 3.63) is 0 Å². The molecule has 1 aliphatic heterocycles.